The zero-order valence-electron chi connectivity index (χ0n) is 10.4. The van der Waals surface area contributed by atoms with Gasteiger partial charge in [-0.1, -0.05) is 30.3 Å². The SMILES string of the molecule is O=C(O)CCC1=NNC(c2ccccc2)(C(F)(F)F)C1. The van der Waals surface area contributed by atoms with Crippen molar-refractivity contribution in [1.29, 1.82) is 0 Å². The van der Waals surface area contributed by atoms with Crippen molar-refractivity contribution in [2.45, 2.75) is 31.0 Å². The molecule has 1 unspecified atom stereocenters. The molecule has 1 aliphatic rings. The van der Waals surface area contributed by atoms with Gasteiger partial charge in [-0.25, -0.2) is 0 Å². The maximum absolute atomic E-state index is 13.4. The zero-order valence-corrected chi connectivity index (χ0v) is 10.4. The van der Waals surface area contributed by atoms with Crippen LogP contribution in [0.15, 0.2) is 35.4 Å². The summed E-state index contributed by atoms with van der Waals surface area (Å²) < 4.78 is 40.3. The van der Waals surface area contributed by atoms with E-state index in [1.807, 2.05) is 0 Å². The molecule has 2 N–H and O–H groups in total. The molecule has 0 radical (unpaired) electrons. The molecule has 1 aromatic carbocycles. The number of alkyl halides is 3. The van der Waals surface area contributed by atoms with Gasteiger partial charge < -0.3 is 5.11 Å². The molecular formula is C13H13F3N2O2. The third-order valence-corrected chi connectivity index (χ3v) is 3.25. The number of hydrogen-bond acceptors (Lipinski definition) is 3. The highest BCUT2D eigenvalue weighted by atomic mass is 19.4. The standard InChI is InChI=1S/C13H13F3N2O2/c14-13(15,16)12(9-4-2-1-3-5-9)8-10(17-18-12)6-7-11(19)20/h1-5,18H,6-8H2,(H,19,20). The molecule has 1 aliphatic heterocycles. The van der Waals surface area contributed by atoms with Crippen molar-refractivity contribution in [2.24, 2.45) is 5.10 Å². The largest absolute Gasteiger partial charge is 0.481 e. The predicted octanol–water partition coefficient (Wildman–Crippen LogP) is 2.66. The zero-order chi connectivity index (χ0) is 14.8. The number of benzene rings is 1. The van der Waals surface area contributed by atoms with E-state index in [9.17, 15) is 18.0 Å². The predicted molar refractivity (Wildman–Crippen MR) is 66.2 cm³/mol. The van der Waals surface area contributed by atoms with Gasteiger partial charge in [0, 0.05) is 12.1 Å². The third kappa shape index (κ3) is 2.61. The molecule has 0 aliphatic carbocycles. The van der Waals surface area contributed by atoms with Gasteiger partial charge in [0.05, 0.1) is 6.42 Å². The van der Waals surface area contributed by atoms with Crippen LogP contribution < -0.4 is 5.43 Å². The van der Waals surface area contributed by atoms with Crippen molar-refractivity contribution in [3.63, 3.8) is 0 Å². The van der Waals surface area contributed by atoms with Crippen LogP contribution in [0.3, 0.4) is 0 Å². The van der Waals surface area contributed by atoms with E-state index < -0.39 is 17.7 Å². The van der Waals surface area contributed by atoms with E-state index in [1.54, 1.807) is 6.07 Å². The number of nitrogens with zero attached hydrogens (tertiary/aromatic N) is 1. The summed E-state index contributed by atoms with van der Waals surface area (Å²) in [6.07, 6.45) is -5.12. The number of rotatable bonds is 4. The minimum Gasteiger partial charge on any atom is -0.481 e. The summed E-state index contributed by atoms with van der Waals surface area (Å²) in [6.45, 7) is 0. The minimum absolute atomic E-state index is 0.00694. The molecular weight excluding hydrogens is 273 g/mol. The molecule has 0 fully saturated rings. The lowest BCUT2D eigenvalue weighted by Gasteiger charge is -2.31. The molecule has 0 bridgehead atoms. The molecule has 4 nitrogen and oxygen atoms in total. The van der Waals surface area contributed by atoms with E-state index in [1.165, 1.54) is 24.3 Å². The molecule has 0 spiro atoms. The molecule has 0 saturated heterocycles. The lowest BCUT2D eigenvalue weighted by molar-refractivity contribution is -0.196. The molecule has 1 heterocycles. The van der Waals surface area contributed by atoms with E-state index in [0.29, 0.717) is 0 Å². The van der Waals surface area contributed by atoms with Gasteiger partial charge in [0.25, 0.3) is 0 Å². The van der Waals surface area contributed by atoms with Gasteiger partial charge in [-0.15, -0.1) is 0 Å². The van der Waals surface area contributed by atoms with Crippen molar-refractivity contribution >= 4 is 11.7 Å². The fourth-order valence-electron chi connectivity index (χ4n) is 2.17. The first kappa shape index (κ1) is 14.4. The van der Waals surface area contributed by atoms with Gasteiger partial charge in [-0.2, -0.15) is 18.3 Å². The number of carboxylic acid groups (broad SMARTS) is 1. The highest BCUT2D eigenvalue weighted by Gasteiger charge is 2.58. The Morgan fingerprint density at radius 3 is 2.55 bits per heavy atom. The number of hydrogen-bond donors (Lipinski definition) is 2. The van der Waals surface area contributed by atoms with Crippen LogP contribution in [0.5, 0.6) is 0 Å². The molecule has 2 rings (SSSR count). The van der Waals surface area contributed by atoms with Crippen molar-refractivity contribution in [3.8, 4) is 0 Å². The second-order valence-electron chi connectivity index (χ2n) is 4.63. The monoisotopic (exact) mass is 286 g/mol. The Labute approximate surface area is 113 Å². The Bertz CT molecular complexity index is 528. The van der Waals surface area contributed by atoms with Crippen molar-refractivity contribution in [2.75, 3.05) is 0 Å². The van der Waals surface area contributed by atoms with Gasteiger partial charge in [0.2, 0.25) is 0 Å². The molecule has 1 aromatic rings. The first-order chi connectivity index (χ1) is 9.35. The van der Waals surface area contributed by atoms with Crippen LogP contribution >= 0.6 is 0 Å². The number of nitrogens with one attached hydrogen (secondary N) is 1. The summed E-state index contributed by atoms with van der Waals surface area (Å²) in [5.41, 5.74) is 0.196. The third-order valence-electron chi connectivity index (χ3n) is 3.25. The van der Waals surface area contributed by atoms with E-state index >= 15 is 0 Å². The second kappa shape index (κ2) is 5.15. The molecule has 20 heavy (non-hydrogen) atoms. The Morgan fingerprint density at radius 2 is 2.00 bits per heavy atom. The van der Waals surface area contributed by atoms with Crippen LogP contribution in [0.4, 0.5) is 13.2 Å². The van der Waals surface area contributed by atoms with Crippen molar-refractivity contribution < 1.29 is 23.1 Å². The summed E-state index contributed by atoms with van der Waals surface area (Å²) in [7, 11) is 0. The number of halogens is 3. The minimum atomic E-state index is -4.52. The average Bonchev–Trinajstić information content (AvgIpc) is 2.82. The van der Waals surface area contributed by atoms with E-state index in [4.69, 9.17) is 5.11 Å². The summed E-state index contributed by atoms with van der Waals surface area (Å²) in [5, 5.41) is 12.3. The van der Waals surface area contributed by atoms with E-state index in [-0.39, 0.29) is 30.5 Å². The Morgan fingerprint density at radius 1 is 1.35 bits per heavy atom. The maximum atomic E-state index is 13.4. The van der Waals surface area contributed by atoms with Gasteiger partial charge in [-0.05, 0) is 12.0 Å². The van der Waals surface area contributed by atoms with Crippen LogP contribution in [-0.2, 0) is 10.3 Å². The Kier molecular flexibility index (Phi) is 3.69. The number of hydrazone groups is 1. The summed E-state index contributed by atoms with van der Waals surface area (Å²) in [6, 6.07) is 7.46. The molecule has 7 heteroatoms. The molecule has 0 aromatic heterocycles. The molecule has 0 saturated carbocycles. The summed E-state index contributed by atoms with van der Waals surface area (Å²) in [5.74, 6) is -1.06. The number of carbonyl (C=O) groups is 1. The summed E-state index contributed by atoms with van der Waals surface area (Å²) >= 11 is 0. The first-order valence-corrected chi connectivity index (χ1v) is 6.02. The van der Waals surface area contributed by atoms with Crippen LogP contribution in [0.2, 0.25) is 0 Å². The average molecular weight is 286 g/mol. The molecule has 108 valence electrons. The lowest BCUT2D eigenvalue weighted by Crippen LogP contribution is -2.49. The van der Waals surface area contributed by atoms with Gasteiger partial charge in [-0.3, -0.25) is 10.2 Å². The first-order valence-electron chi connectivity index (χ1n) is 6.02. The quantitative estimate of drug-likeness (QED) is 0.894. The Balaban J connectivity index is 2.24. The fourth-order valence-corrected chi connectivity index (χ4v) is 2.17. The number of carboxylic acids is 1. The van der Waals surface area contributed by atoms with Crippen LogP contribution in [0.25, 0.3) is 0 Å². The van der Waals surface area contributed by atoms with Crippen molar-refractivity contribution in [1.82, 2.24) is 5.43 Å². The normalized spacial score (nSPS) is 22.2. The highest BCUT2D eigenvalue weighted by Crippen LogP contribution is 2.44. The van der Waals surface area contributed by atoms with Gasteiger partial charge >= 0.3 is 12.1 Å². The van der Waals surface area contributed by atoms with Crippen LogP contribution in [0.1, 0.15) is 24.8 Å². The van der Waals surface area contributed by atoms with Crippen LogP contribution in [-0.4, -0.2) is 23.0 Å². The van der Waals surface area contributed by atoms with E-state index in [2.05, 4.69) is 10.5 Å². The second-order valence-corrected chi connectivity index (χ2v) is 4.63. The van der Waals surface area contributed by atoms with E-state index in [0.717, 1.165) is 0 Å². The topological polar surface area (TPSA) is 61.7 Å². The van der Waals surface area contributed by atoms with Gasteiger partial charge in [0.15, 0.2) is 5.54 Å². The maximum Gasteiger partial charge on any atom is 0.417 e. The fraction of sp³-hybridized carbons (Fsp3) is 0.385. The lowest BCUT2D eigenvalue weighted by atomic mass is 9.85. The summed E-state index contributed by atoms with van der Waals surface area (Å²) in [4.78, 5) is 10.5. The van der Waals surface area contributed by atoms with Crippen LogP contribution in [0, 0.1) is 0 Å². The smallest absolute Gasteiger partial charge is 0.417 e. The number of aliphatic carboxylic acids is 1. The van der Waals surface area contributed by atoms with Crippen molar-refractivity contribution in [3.05, 3.63) is 35.9 Å². The molecule has 0 amide bonds. The molecule has 1 atom stereocenters. The Hall–Kier alpha value is -2.05. The highest BCUT2D eigenvalue weighted by molar-refractivity contribution is 5.89. The van der Waals surface area contributed by atoms with Gasteiger partial charge in [0.1, 0.15) is 0 Å².